The van der Waals surface area contributed by atoms with Crippen LogP contribution in [-0.2, 0) is 0 Å². The predicted octanol–water partition coefficient (Wildman–Crippen LogP) is 3.91. The highest BCUT2D eigenvalue weighted by atomic mass is 35.5. The minimum atomic E-state index is -0.121. The van der Waals surface area contributed by atoms with E-state index in [2.05, 4.69) is 4.98 Å². The second kappa shape index (κ2) is 7.21. The molecule has 2 aromatic carbocycles. The summed E-state index contributed by atoms with van der Waals surface area (Å²) in [6.45, 7) is 4.86. The lowest BCUT2D eigenvalue weighted by Gasteiger charge is -2.10. The van der Waals surface area contributed by atoms with Crippen molar-refractivity contribution in [3.63, 3.8) is 0 Å². The van der Waals surface area contributed by atoms with Crippen LogP contribution in [0.1, 0.15) is 19.4 Å². The molecule has 7 heteroatoms. The Morgan fingerprint density at radius 1 is 1.15 bits per heavy atom. The highest BCUT2D eigenvalue weighted by Crippen LogP contribution is 2.33. The third-order valence-corrected chi connectivity index (χ3v) is 5.41. The van der Waals surface area contributed by atoms with Crippen LogP contribution in [0.15, 0.2) is 41.2 Å². The van der Waals surface area contributed by atoms with Crippen molar-refractivity contribution in [1.29, 1.82) is 0 Å². The summed E-state index contributed by atoms with van der Waals surface area (Å²) in [4.78, 5) is 18.2. The summed E-state index contributed by atoms with van der Waals surface area (Å²) in [6.07, 6.45) is 1.80. The molecule has 4 rings (SSSR count). The monoisotopic (exact) mass is 400 g/mol. The topological polar surface area (TPSA) is 52.8 Å². The Morgan fingerprint density at radius 3 is 2.56 bits per heavy atom. The molecule has 2 heterocycles. The van der Waals surface area contributed by atoms with Gasteiger partial charge in [-0.15, -0.1) is 0 Å². The number of hydrogen-bond donors (Lipinski definition) is 0. The number of hydrogen-bond acceptors (Lipinski definition) is 5. The van der Waals surface area contributed by atoms with Crippen LogP contribution < -0.4 is 19.6 Å². The summed E-state index contributed by atoms with van der Waals surface area (Å²) >= 11 is 7.55. The van der Waals surface area contributed by atoms with Crippen LogP contribution in [-0.4, -0.2) is 22.6 Å². The molecule has 4 aromatic rings. The van der Waals surface area contributed by atoms with Gasteiger partial charge in [-0.2, -0.15) is 0 Å². The van der Waals surface area contributed by atoms with E-state index < -0.39 is 0 Å². The number of benzene rings is 2. The summed E-state index contributed by atoms with van der Waals surface area (Å²) in [7, 11) is 0. The first-order valence-electron chi connectivity index (χ1n) is 8.63. The van der Waals surface area contributed by atoms with Gasteiger partial charge in [-0.25, -0.2) is 9.38 Å². The smallest absolute Gasteiger partial charge is 0.274 e. The average molecular weight is 401 g/mol. The SMILES string of the molecule is CCOc1cc2nc3s/c(=C\c4ccccc4Cl)c(=O)n3c2cc1OCC. The number of ether oxygens (including phenoxy) is 2. The van der Waals surface area contributed by atoms with Crippen LogP contribution in [0, 0.1) is 0 Å². The van der Waals surface area contributed by atoms with Gasteiger partial charge < -0.3 is 9.47 Å². The number of imidazole rings is 1. The Hall–Kier alpha value is -2.57. The van der Waals surface area contributed by atoms with Crippen LogP contribution in [0.25, 0.3) is 22.1 Å². The minimum absolute atomic E-state index is 0.121. The second-order valence-electron chi connectivity index (χ2n) is 5.82. The highest BCUT2D eigenvalue weighted by Gasteiger charge is 2.16. The fourth-order valence-electron chi connectivity index (χ4n) is 2.94. The van der Waals surface area contributed by atoms with Gasteiger partial charge in [-0.3, -0.25) is 4.79 Å². The molecule has 2 aromatic heterocycles. The summed E-state index contributed by atoms with van der Waals surface area (Å²) in [5.74, 6) is 1.24. The van der Waals surface area contributed by atoms with Crippen molar-refractivity contribution in [2.75, 3.05) is 13.2 Å². The Bertz CT molecular complexity index is 1250. The van der Waals surface area contributed by atoms with Crippen molar-refractivity contribution in [2.24, 2.45) is 0 Å². The van der Waals surface area contributed by atoms with Gasteiger partial charge in [0.05, 0.1) is 28.8 Å². The van der Waals surface area contributed by atoms with Crippen molar-refractivity contribution < 1.29 is 9.47 Å². The number of nitrogens with zero attached hydrogens (tertiary/aromatic N) is 2. The molecule has 0 bridgehead atoms. The lowest BCUT2D eigenvalue weighted by atomic mass is 10.2. The number of aromatic nitrogens is 2. The van der Waals surface area contributed by atoms with Gasteiger partial charge in [0.25, 0.3) is 5.56 Å². The van der Waals surface area contributed by atoms with E-state index in [-0.39, 0.29) is 5.56 Å². The van der Waals surface area contributed by atoms with Crippen LogP contribution in [0.5, 0.6) is 11.5 Å². The molecule has 0 aliphatic heterocycles. The second-order valence-corrected chi connectivity index (χ2v) is 7.24. The molecule has 0 radical (unpaired) electrons. The fraction of sp³-hybridized carbons (Fsp3) is 0.200. The maximum absolute atomic E-state index is 13.0. The van der Waals surface area contributed by atoms with Crippen molar-refractivity contribution in [3.8, 4) is 11.5 Å². The van der Waals surface area contributed by atoms with Gasteiger partial charge in [0.2, 0.25) is 0 Å². The fourth-order valence-corrected chi connectivity index (χ4v) is 4.11. The first-order chi connectivity index (χ1) is 13.1. The zero-order valence-corrected chi connectivity index (χ0v) is 16.4. The highest BCUT2D eigenvalue weighted by molar-refractivity contribution is 7.15. The molecular weight excluding hydrogens is 384 g/mol. The molecule has 0 spiro atoms. The van der Waals surface area contributed by atoms with Crippen LogP contribution in [0.4, 0.5) is 0 Å². The molecule has 0 saturated heterocycles. The lowest BCUT2D eigenvalue weighted by Crippen LogP contribution is -2.22. The van der Waals surface area contributed by atoms with Gasteiger partial charge in [0, 0.05) is 17.2 Å². The van der Waals surface area contributed by atoms with Crippen LogP contribution >= 0.6 is 22.9 Å². The summed E-state index contributed by atoms with van der Waals surface area (Å²) in [5, 5.41) is 0.604. The quantitative estimate of drug-likeness (QED) is 0.509. The van der Waals surface area contributed by atoms with E-state index in [1.54, 1.807) is 16.5 Å². The lowest BCUT2D eigenvalue weighted by molar-refractivity contribution is 0.288. The van der Waals surface area contributed by atoms with Crippen molar-refractivity contribution in [3.05, 3.63) is 61.9 Å². The summed E-state index contributed by atoms with van der Waals surface area (Å²) in [5.41, 5.74) is 2.09. The third kappa shape index (κ3) is 3.15. The number of thiazole rings is 1. The Labute approximate surface area is 164 Å². The standard InChI is InChI=1S/C20H17ClN2O3S/c1-3-25-16-10-14-15(11-17(16)26-4-2)23-19(24)18(27-20(23)22-14)9-12-7-5-6-8-13(12)21/h5-11H,3-4H2,1-2H3/b18-9-. The molecule has 5 nitrogen and oxygen atoms in total. The van der Waals surface area contributed by atoms with E-state index in [9.17, 15) is 4.79 Å². The minimum Gasteiger partial charge on any atom is -0.490 e. The molecule has 0 unspecified atom stereocenters. The van der Waals surface area contributed by atoms with E-state index in [1.807, 2.05) is 44.2 Å². The summed E-state index contributed by atoms with van der Waals surface area (Å²) < 4.78 is 13.5. The molecule has 0 aliphatic rings. The van der Waals surface area contributed by atoms with Gasteiger partial charge in [-0.1, -0.05) is 41.1 Å². The Balaban J connectivity index is 1.95. The van der Waals surface area contributed by atoms with E-state index >= 15 is 0 Å². The van der Waals surface area contributed by atoms with E-state index in [0.717, 1.165) is 5.56 Å². The van der Waals surface area contributed by atoms with E-state index in [4.69, 9.17) is 21.1 Å². The first-order valence-corrected chi connectivity index (χ1v) is 9.82. The maximum atomic E-state index is 13.0. The van der Waals surface area contributed by atoms with Crippen molar-refractivity contribution in [2.45, 2.75) is 13.8 Å². The zero-order valence-electron chi connectivity index (χ0n) is 14.9. The molecule has 27 heavy (non-hydrogen) atoms. The van der Waals surface area contributed by atoms with E-state index in [0.29, 0.717) is 50.3 Å². The van der Waals surface area contributed by atoms with Crippen LogP contribution in [0.3, 0.4) is 0 Å². The van der Waals surface area contributed by atoms with Gasteiger partial charge in [0.15, 0.2) is 16.5 Å². The van der Waals surface area contributed by atoms with Crippen molar-refractivity contribution in [1.82, 2.24) is 9.38 Å². The Kier molecular flexibility index (Phi) is 4.76. The van der Waals surface area contributed by atoms with Crippen molar-refractivity contribution >= 4 is 45.0 Å². The largest absolute Gasteiger partial charge is 0.490 e. The molecule has 0 N–H and O–H groups in total. The summed E-state index contributed by atoms with van der Waals surface area (Å²) in [6, 6.07) is 11.1. The molecule has 0 saturated carbocycles. The maximum Gasteiger partial charge on any atom is 0.274 e. The molecule has 0 aliphatic carbocycles. The third-order valence-electron chi connectivity index (χ3n) is 4.10. The van der Waals surface area contributed by atoms with Gasteiger partial charge in [-0.05, 0) is 31.6 Å². The number of fused-ring (bicyclic) bond motifs is 3. The molecule has 0 fully saturated rings. The van der Waals surface area contributed by atoms with Gasteiger partial charge >= 0.3 is 0 Å². The van der Waals surface area contributed by atoms with Crippen LogP contribution in [0.2, 0.25) is 5.02 Å². The van der Waals surface area contributed by atoms with E-state index in [1.165, 1.54) is 11.3 Å². The molecule has 0 atom stereocenters. The average Bonchev–Trinajstić information content (AvgIpc) is 3.14. The Morgan fingerprint density at radius 2 is 1.85 bits per heavy atom. The zero-order chi connectivity index (χ0) is 19.0. The molecular formula is C20H17ClN2O3S. The number of rotatable bonds is 5. The number of halogens is 1. The predicted molar refractivity (Wildman–Crippen MR) is 109 cm³/mol. The normalized spacial score (nSPS) is 12.2. The molecule has 138 valence electrons. The first kappa shape index (κ1) is 17.8. The van der Waals surface area contributed by atoms with Gasteiger partial charge in [0.1, 0.15) is 0 Å². The molecule has 0 amide bonds.